The summed E-state index contributed by atoms with van der Waals surface area (Å²) in [7, 11) is 0. The molecule has 0 heterocycles. The van der Waals surface area contributed by atoms with Gasteiger partial charge in [0.1, 0.15) is 0 Å². The lowest BCUT2D eigenvalue weighted by atomic mass is 9.82. The third-order valence-corrected chi connectivity index (χ3v) is 3.88. The summed E-state index contributed by atoms with van der Waals surface area (Å²) in [4.78, 5) is 21.0. The van der Waals surface area contributed by atoms with Gasteiger partial charge < -0.3 is 10.2 Å². The summed E-state index contributed by atoms with van der Waals surface area (Å²) in [6.07, 6.45) is 10.5. The molecule has 0 bridgehead atoms. The fourth-order valence-corrected chi connectivity index (χ4v) is 2.44. The molecule has 0 spiro atoms. The topological polar surface area (TPSA) is 74.6 Å². The molecule has 4 heteroatoms. The first-order valence-corrected chi connectivity index (χ1v) is 7.98. The van der Waals surface area contributed by atoms with Gasteiger partial charge in [0.2, 0.25) is 0 Å². The predicted molar refractivity (Wildman–Crippen MR) is 79.8 cm³/mol. The van der Waals surface area contributed by atoms with Crippen LogP contribution in [0.2, 0.25) is 0 Å². The average molecular weight is 286 g/mol. The van der Waals surface area contributed by atoms with Crippen molar-refractivity contribution in [3.63, 3.8) is 0 Å². The number of hydrogen-bond donors (Lipinski definition) is 2. The van der Waals surface area contributed by atoms with E-state index in [4.69, 9.17) is 10.2 Å². The van der Waals surface area contributed by atoms with E-state index < -0.39 is 11.9 Å². The van der Waals surface area contributed by atoms with Crippen LogP contribution in [0, 0.1) is 11.8 Å². The molecule has 0 amide bonds. The van der Waals surface area contributed by atoms with Gasteiger partial charge in [0.05, 0.1) is 11.8 Å². The van der Waals surface area contributed by atoms with Crippen LogP contribution in [0.1, 0.15) is 78.1 Å². The lowest BCUT2D eigenvalue weighted by Gasteiger charge is -2.22. The third kappa shape index (κ3) is 8.94. The average Bonchev–Trinajstić information content (AvgIpc) is 2.44. The Morgan fingerprint density at radius 3 is 1.25 bits per heavy atom. The monoisotopic (exact) mass is 286 g/mol. The molecule has 1 aliphatic rings. The minimum Gasteiger partial charge on any atom is -0.481 e. The SMILES string of the molecule is CCCCCCCC.O=C(O)C1CCC(C(=O)O)CC1. The Balaban J connectivity index is 0.000000396. The quantitative estimate of drug-likeness (QED) is 0.683. The van der Waals surface area contributed by atoms with Crippen molar-refractivity contribution < 1.29 is 19.8 Å². The number of carboxylic acids is 2. The molecule has 1 aliphatic carbocycles. The van der Waals surface area contributed by atoms with E-state index in [-0.39, 0.29) is 11.8 Å². The van der Waals surface area contributed by atoms with Crippen LogP contribution < -0.4 is 0 Å². The highest BCUT2D eigenvalue weighted by Gasteiger charge is 2.29. The second-order valence-electron chi connectivity index (χ2n) is 5.64. The minimum atomic E-state index is -0.793. The highest BCUT2D eigenvalue weighted by Crippen LogP contribution is 2.28. The van der Waals surface area contributed by atoms with Gasteiger partial charge in [-0.25, -0.2) is 0 Å². The molecular formula is C16H30O4. The van der Waals surface area contributed by atoms with Crippen molar-refractivity contribution in [2.24, 2.45) is 11.8 Å². The van der Waals surface area contributed by atoms with Gasteiger partial charge >= 0.3 is 11.9 Å². The van der Waals surface area contributed by atoms with Crippen molar-refractivity contribution in [3.05, 3.63) is 0 Å². The van der Waals surface area contributed by atoms with E-state index in [2.05, 4.69) is 13.8 Å². The van der Waals surface area contributed by atoms with Gasteiger partial charge in [-0.2, -0.15) is 0 Å². The van der Waals surface area contributed by atoms with Gasteiger partial charge in [0.15, 0.2) is 0 Å². The first-order chi connectivity index (χ1) is 9.52. The molecule has 0 aliphatic heterocycles. The molecule has 2 N–H and O–H groups in total. The molecule has 0 aromatic carbocycles. The van der Waals surface area contributed by atoms with Gasteiger partial charge in [0, 0.05) is 0 Å². The first-order valence-electron chi connectivity index (χ1n) is 7.98. The van der Waals surface area contributed by atoms with E-state index in [0.29, 0.717) is 25.7 Å². The van der Waals surface area contributed by atoms with E-state index in [1.165, 1.54) is 38.5 Å². The van der Waals surface area contributed by atoms with Crippen LogP contribution in [0.3, 0.4) is 0 Å². The predicted octanol–water partition coefficient (Wildman–Crippen LogP) is 4.33. The number of aliphatic carboxylic acids is 2. The largest absolute Gasteiger partial charge is 0.481 e. The number of carbonyl (C=O) groups is 2. The molecule has 0 aromatic heterocycles. The standard InChI is InChI=1S/C8H12O4.C8H18/c9-7(10)5-1-2-6(4-3-5)8(11)12;1-3-5-7-8-6-4-2/h5-6H,1-4H2,(H,9,10)(H,11,12);3-8H2,1-2H3. The summed E-state index contributed by atoms with van der Waals surface area (Å²) < 4.78 is 0. The maximum Gasteiger partial charge on any atom is 0.306 e. The second-order valence-corrected chi connectivity index (χ2v) is 5.64. The van der Waals surface area contributed by atoms with E-state index in [9.17, 15) is 9.59 Å². The molecule has 0 unspecified atom stereocenters. The van der Waals surface area contributed by atoms with Crippen LogP contribution in [0.5, 0.6) is 0 Å². The molecule has 118 valence electrons. The minimum absolute atomic E-state index is 0.319. The Labute approximate surface area is 122 Å². The first kappa shape index (κ1) is 18.9. The highest BCUT2D eigenvalue weighted by atomic mass is 16.4. The van der Waals surface area contributed by atoms with E-state index in [0.717, 1.165) is 0 Å². The third-order valence-electron chi connectivity index (χ3n) is 3.88. The molecule has 0 radical (unpaired) electrons. The van der Waals surface area contributed by atoms with Crippen molar-refractivity contribution >= 4 is 11.9 Å². The van der Waals surface area contributed by atoms with Crippen LogP contribution in [0.25, 0.3) is 0 Å². The van der Waals surface area contributed by atoms with Gasteiger partial charge in [0.25, 0.3) is 0 Å². The summed E-state index contributed by atoms with van der Waals surface area (Å²) in [6, 6.07) is 0. The van der Waals surface area contributed by atoms with Crippen molar-refractivity contribution in [3.8, 4) is 0 Å². The molecule has 1 saturated carbocycles. The zero-order chi connectivity index (χ0) is 15.4. The Kier molecular flexibility index (Phi) is 11.1. The highest BCUT2D eigenvalue weighted by molar-refractivity contribution is 5.72. The van der Waals surface area contributed by atoms with E-state index >= 15 is 0 Å². The Bertz CT molecular complexity index is 240. The summed E-state index contributed by atoms with van der Waals surface area (Å²) in [5.74, 6) is -2.22. The Hall–Kier alpha value is -1.06. The molecule has 0 aromatic rings. The zero-order valence-electron chi connectivity index (χ0n) is 12.9. The summed E-state index contributed by atoms with van der Waals surface area (Å²) in [6.45, 7) is 4.51. The summed E-state index contributed by atoms with van der Waals surface area (Å²) >= 11 is 0. The number of unbranched alkanes of at least 4 members (excludes halogenated alkanes) is 5. The smallest absolute Gasteiger partial charge is 0.306 e. The number of rotatable bonds is 7. The van der Waals surface area contributed by atoms with Crippen LogP contribution >= 0.6 is 0 Å². The fourth-order valence-electron chi connectivity index (χ4n) is 2.44. The second kappa shape index (κ2) is 11.7. The fraction of sp³-hybridized carbons (Fsp3) is 0.875. The van der Waals surface area contributed by atoms with Gasteiger partial charge in [-0.3, -0.25) is 9.59 Å². The molecule has 1 fully saturated rings. The van der Waals surface area contributed by atoms with Crippen molar-refractivity contribution in [2.75, 3.05) is 0 Å². The molecular weight excluding hydrogens is 256 g/mol. The molecule has 4 nitrogen and oxygen atoms in total. The van der Waals surface area contributed by atoms with E-state index in [1.54, 1.807) is 0 Å². The molecule has 1 rings (SSSR count). The lowest BCUT2D eigenvalue weighted by Crippen LogP contribution is -2.25. The Morgan fingerprint density at radius 1 is 0.750 bits per heavy atom. The van der Waals surface area contributed by atoms with Crippen molar-refractivity contribution in [1.82, 2.24) is 0 Å². The Morgan fingerprint density at radius 2 is 1.05 bits per heavy atom. The molecule has 20 heavy (non-hydrogen) atoms. The van der Waals surface area contributed by atoms with Crippen LogP contribution in [0.15, 0.2) is 0 Å². The maximum absolute atomic E-state index is 10.5. The van der Waals surface area contributed by atoms with E-state index in [1.807, 2.05) is 0 Å². The lowest BCUT2D eigenvalue weighted by molar-refractivity contribution is -0.148. The number of hydrogen-bond acceptors (Lipinski definition) is 2. The van der Waals surface area contributed by atoms with Gasteiger partial charge in [-0.1, -0.05) is 52.4 Å². The molecule has 0 atom stereocenters. The van der Waals surface area contributed by atoms with Gasteiger partial charge in [-0.05, 0) is 25.7 Å². The van der Waals surface area contributed by atoms with Crippen LogP contribution in [-0.2, 0) is 9.59 Å². The van der Waals surface area contributed by atoms with Crippen LogP contribution in [-0.4, -0.2) is 22.2 Å². The zero-order valence-corrected chi connectivity index (χ0v) is 12.9. The van der Waals surface area contributed by atoms with Crippen molar-refractivity contribution in [2.45, 2.75) is 78.1 Å². The summed E-state index contributed by atoms with van der Waals surface area (Å²) in [5, 5.41) is 17.2. The maximum atomic E-state index is 10.5. The number of carboxylic acid groups (broad SMARTS) is 2. The van der Waals surface area contributed by atoms with Crippen molar-refractivity contribution in [1.29, 1.82) is 0 Å². The molecule has 0 saturated heterocycles. The van der Waals surface area contributed by atoms with Crippen LogP contribution in [0.4, 0.5) is 0 Å². The summed E-state index contributed by atoms with van der Waals surface area (Å²) in [5.41, 5.74) is 0. The van der Waals surface area contributed by atoms with Gasteiger partial charge in [-0.15, -0.1) is 0 Å². The normalized spacial score (nSPS) is 21.7.